The van der Waals surface area contributed by atoms with Gasteiger partial charge in [-0.05, 0) is 19.3 Å². The molecule has 0 aromatic heterocycles. The van der Waals surface area contributed by atoms with Crippen molar-refractivity contribution >= 4 is 0 Å². The normalized spacial score (nSPS) is 23.0. The van der Waals surface area contributed by atoms with Crippen LogP contribution in [0.15, 0.2) is 0 Å². The van der Waals surface area contributed by atoms with Crippen molar-refractivity contribution in [1.82, 2.24) is 5.32 Å². The van der Waals surface area contributed by atoms with Crippen LogP contribution in [-0.2, 0) is 0 Å². The topological polar surface area (TPSA) is 32.3 Å². The van der Waals surface area contributed by atoms with E-state index in [0.29, 0.717) is 12.1 Å². The van der Waals surface area contributed by atoms with Crippen molar-refractivity contribution in [2.45, 2.75) is 96.1 Å². The first-order valence-corrected chi connectivity index (χ1v) is 8.23. The van der Waals surface area contributed by atoms with Crippen LogP contribution < -0.4 is 5.32 Å². The summed E-state index contributed by atoms with van der Waals surface area (Å²) < 4.78 is 0. The van der Waals surface area contributed by atoms with Crippen molar-refractivity contribution in [3.63, 3.8) is 0 Å². The van der Waals surface area contributed by atoms with Gasteiger partial charge < -0.3 is 10.4 Å². The Morgan fingerprint density at radius 2 is 1.33 bits per heavy atom. The van der Waals surface area contributed by atoms with E-state index in [-0.39, 0.29) is 6.61 Å². The summed E-state index contributed by atoms with van der Waals surface area (Å²) in [6.45, 7) is 2.44. The van der Waals surface area contributed by atoms with Gasteiger partial charge in [-0.25, -0.2) is 0 Å². The zero-order valence-electron chi connectivity index (χ0n) is 12.3. The van der Waals surface area contributed by atoms with Crippen molar-refractivity contribution in [2.24, 2.45) is 0 Å². The molecule has 1 aliphatic carbocycles. The van der Waals surface area contributed by atoms with E-state index in [4.69, 9.17) is 0 Å². The molecule has 0 aliphatic heterocycles. The van der Waals surface area contributed by atoms with Crippen molar-refractivity contribution in [2.75, 3.05) is 6.61 Å². The minimum atomic E-state index is 0.285. The van der Waals surface area contributed by atoms with E-state index in [1.165, 1.54) is 70.6 Å². The fourth-order valence-corrected chi connectivity index (χ4v) is 2.96. The fourth-order valence-electron chi connectivity index (χ4n) is 2.96. The Morgan fingerprint density at radius 3 is 1.72 bits per heavy atom. The number of nitrogens with one attached hydrogen (secondary N) is 1. The summed E-state index contributed by atoms with van der Waals surface area (Å²) in [4.78, 5) is 0. The van der Waals surface area contributed by atoms with Gasteiger partial charge in [0.1, 0.15) is 0 Å². The molecule has 2 N–H and O–H groups in total. The molecule has 0 aromatic rings. The molecular weight excluding hydrogens is 222 g/mol. The van der Waals surface area contributed by atoms with Crippen LogP contribution in [0.5, 0.6) is 0 Å². The molecule has 18 heavy (non-hydrogen) atoms. The molecule has 2 nitrogen and oxygen atoms in total. The Morgan fingerprint density at radius 1 is 0.889 bits per heavy atom. The zero-order chi connectivity index (χ0) is 13.1. The molecule has 0 spiro atoms. The van der Waals surface area contributed by atoms with Crippen LogP contribution in [-0.4, -0.2) is 23.8 Å². The van der Waals surface area contributed by atoms with E-state index in [1.54, 1.807) is 0 Å². The summed E-state index contributed by atoms with van der Waals surface area (Å²) in [5.41, 5.74) is 0. The van der Waals surface area contributed by atoms with Crippen molar-refractivity contribution < 1.29 is 5.11 Å². The smallest absolute Gasteiger partial charge is 0.0584 e. The van der Waals surface area contributed by atoms with Gasteiger partial charge in [-0.1, -0.05) is 64.7 Å². The highest BCUT2D eigenvalue weighted by molar-refractivity contribution is 4.73. The maximum Gasteiger partial charge on any atom is 0.0584 e. The van der Waals surface area contributed by atoms with Gasteiger partial charge >= 0.3 is 0 Å². The van der Waals surface area contributed by atoms with Crippen LogP contribution in [0.25, 0.3) is 0 Å². The van der Waals surface area contributed by atoms with E-state index < -0.39 is 0 Å². The van der Waals surface area contributed by atoms with Crippen LogP contribution in [0.2, 0.25) is 0 Å². The van der Waals surface area contributed by atoms with Crippen LogP contribution >= 0.6 is 0 Å². The lowest BCUT2D eigenvalue weighted by atomic mass is 9.97. The van der Waals surface area contributed by atoms with Crippen LogP contribution in [0.4, 0.5) is 0 Å². The summed E-state index contributed by atoms with van der Waals surface area (Å²) in [5.74, 6) is 0. The van der Waals surface area contributed by atoms with Gasteiger partial charge in [0, 0.05) is 12.1 Å². The maximum atomic E-state index is 9.30. The van der Waals surface area contributed by atoms with E-state index in [1.807, 2.05) is 0 Å². The molecular formula is C16H33NO. The lowest BCUT2D eigenvalue weighted by Crippen LogP contribution is -2.40. The van der Waals surface area contributed by atoms with Crippen LogP contribution in [0.3, 0.4) is 0 Å². The molecule has 108 valence electrons. The second-order valence-corrected chi connectivity index (χ2v) is 5.91. The quantitative estimate of drug-likeness (QED) is 0.795. The Labute approximate surface area is 114 Å². The molecule has 0 amide bonds. The van der Waals surface area contributed by atoms with Gasteiger partial charge in [-0.3, -0.25) is 0 Å². The molecule has 1 rings (SSSR count). The Hall–Kier alpha value is -0.0800. The van der Waals surface area contributed by atoms with E-state index in [0.717, 1.165) is 6.42 Å². The Balaban J connectivity index is 2.31. The summed E-state index contributed by atoms with van der Waals surface area (Å²) in [6.07, 6.45) is 16.3. The summed E-state index contributed by atoms with van der Waals surface area (Å²) in [6, 6.07) is 0.949. The van der Waals surface area contributed by atoms with Gasteiger partial charge in [-0.15, -0.1) is 0 Å². The molecule has 0 heterocycles. The third-order valence-corrected chi connectivity index (χ3v) is 4.29. The van der Waals surface area contributed by atoms with Gasteiger partial charge in [0.25, 0.3) is 0 Å². The third kappa shape index (κ3) is 7.38. The molecule has 0 bridgehead atoms. The molecule has 1 atom stereocenters. The molecule has 0 unspecified atom stereocenters. The molecule has 0 aromatic carbocycles. The lowest BCUT2D eigenvalue weighted by molar-refractivity contribution is 0.220. The monoisotopic (exact) mass is 255 g/mol. The summed E-state index contributed by atoms with van der Waals surface area (Å²) in [7, 11) is 0. The first kappa shape index (κ1) is 16.0. The van der Waals surface area contributed by atoms with Crippen molar-refractivity contribution in [3.8, 4) is 0 Å². The van der Waals surface area contributed by atoms with Crippen molar-refractivity contribution in [1.29, 1.82) is 0 Å². The first-order chi connectivity index (χ1) is 8.86. The van der Waals surface area contributed by atoms with E-state index >= 15 is 0 Å². The number of rotatable bonds is 4. The minimum absolute atomic E-state index is 0.285. The second-order valence-electron chi connectivity index (χ2n) is 5.91. The van der Waals surface area contributed by atoms with E-state index in [2.05, 4.69) is 12.2 Å². The minimum Gasteiger partial charge on any atom is -0.395 e. The molecule has 0 saturated heterocycles. The molecule has 1 saturated carbocycles. The molecule has 0 radical (unpaired) electrons. The summed E-state index contributed by atoms with van der Waals surface area (Å²) in [5, 5.41) is 13.0. The molecule has 1 aliphatic rings. The predicted octanol–water partition coefficient (Wildman–Crippen LogP) is 4.02. The highest BCUT2D eigenvalue weighted by atomic mass is 16.3. The van der Waals surface area contributed by atoms with Gasteiger partial charge in [0.05, 0.1) is 6.61 Å². The highest BCUT2D eigenvalue weighted by Crippen LogP contribution is 2.17. The first-order valence-electron chi connectivity index (χ1n) is 8.23. The van der Waals surface area contributed by atoms with Gasteiger partial charge in [0.15, 0.2) is 0 Å². The fraction of sp³-hybridized carbons (Fsp3) is 1.00. The summed E-state index contributed by atoms with van der Waals surface area (Å²) >= 11 is 0. The number of aliphatic hydroxyl groups excluding tert-OH is 1. The highest BCUT2D eigenvalue weighted by Gasteiger charge is 2.13. The number of aliphatic hydroxyl groups is 1. The Bertz CT molecular complexity index is 168. The molecule has 1 fully saturated rings. The zero-order valence-corrected chi connectivity index (χ0v) is 12.3. The van der Waals surface area contributed by atoms with Gasteiger partial charge in [0.2, 0.25) is 0 Å². The standard InChI is InChI=1S/C16H33NO/c1-2-15(14-18)17-16-12-10-8-6-4-3-5-7-9-11-13-16/h15-18H,2-14H2,1H3/t15-/m0/s1. The van der Waals surface area contributed by atoms with Crippen LogP contribution in [0.1, 0.15) is 84.0 Å². The second kappa shape index (κ2) is 10.8. The average Bonchev–Trinajstić information content (AvgIpc) is 2.38. The average molecular weight is 255 g/mol. The number of hydrogen-bond donors (Lipinski definition) is 2. The van der Waals surface area contributed by atoms with Gasteiger partial charge in [-0.2, -0.15) is 0 Å². The largest absolute Gasteiger partial charge is 0.395 e. The third-order valence-electron chi connectivity index (χ3n) is 4.29. The SMILES string of the molecule is CC[C@@H](CO)NC1CCCCCCCCCCC1. The van der Waals surface area contributed by atoms with Crippen LogP contribution in [0, 0.1) is 0 Å². The lowest BCUT2D eigenvalue weighted by Gasteiger charge is -2.24. The Kier molecular flexibility index (Phi) is 9.59. The van der Waals surface area contributed by atoms with E-state index in [9.17, 15) is 5.11 Å². The number of hydrogen-bond acceptors (Lipinski definition) is 2. The molecule has 2 heteroatoms. The van der Waals surface area contributed by atoms with Crippen molar-refractivity contribution in [3.05, 3.63) is 0 Å². The predicted molar refractivity (Wildman–Crippen MR) is 78.9 cm³/mol. The maximum absolute atomic E-state index is 9.30.